The van der Waals surface area contributed by atoms with Crippen LogP contribution in [0.15, 0.2) is 36.9 Å². The number of nitrogens with one attached hydrogen (secondary N) is 1. The second kappa shape index (κ2) is 7.48. The van der Waals surface area contributed by atoms with E-state index in [9.17, 15) is 0 Å². The van der Waals surface area contributed by atoms with Crippen molar-refractivity contribution in [2.45, 2.75) is 31.7 Å². The van der Waals surface area contributed by atoms with Gasteiger partial charge in [-0.25, -0.2) is 0 Å². The van der Waals surface area contributed by atoms with E-state index < -0.39 is 0 Å². The fourth-order valence-corrected chi connectivity index (χ4v) is 2.00. The molecule has 1 atom stereocenters. The molecular weight excluding hydrogens is 218 g/mol. The first kappa shape index (κ1) is 13.3. The van der Waals surface area contributed by atoms with Crippen molar-refractivity contribution in [1.29, 1.82) is 0 Å². The van der Waals surface area contributed by atoms with Crippen molar-refractivity contribution in [3.63, 3.8) is 0 Å². The molecule has 1 rings (SSSR count). The highest BCUT2D eigenvalue weighted by atomic mass is 35.5. The molecule has 0 saturated carbocycles. The Kier molecular flexibility index (Phi) is 6.20. The Bertz CT molecular complexity index is 322. The maximum atomic E-state index is 6.14. The zero-order valence-electron chi connectivity index (χ0n) is 9.88. The summed E-state index contributed by atoms with van der Waals surface area (Å²) in [5, 5.41) is 4.21. The minimum Gasteiger partial charge on any atom is -0.317 e. The summed E-state index contributed by atoms with van der Waals surface area (Å²) in [4.78, 5) is 0. The lowest BCUT2D eigenvalue weighted by Gasteiger charge is -2.16. The monoisotopic (exact) mass is 237 g/mol. The van der Waals surface area contributed by atoms with Crippen LogP contribution in [-0.4, -0.2) is 13.1 Å². The predicted octanol–water partition coefficient (Wildman–Crippen LogP) is 3.83. The van der Waals surface area contributed by atoms with Crippen LogP contribution in [0.3, 0.4) is 0 Å². The number of hydrogen-bond donors (Lipinski definition) is 1. The lowest BCUT2D eigenvalue weighted by Crippen LogP contribution is -2.27. The highest BCUT2D eigenvalue weighted by molar-refractivity contribution is 6.31. The molecule has 1 aromatic rings. The predicted molar refractivity (Wildman–Crippen MR) is 72.1 cm³/mol. The molecule has 0 aliphatic rings. The molecule has 2 heteroatoms. The Labute approximate surface area is 104 Å². The fourth-order valence-electron chi connectivity index (χ4n) is 1.79. The molecule has 0 radical (unpaired) electrons. The zero-order valence-corrected chi connectivity index (χ0v) is 10.6. The van der Waals surface area contributed by atoms with E-state index in [1.165, 1.54) is 12.0 Å². The molecule has 0 bridgehead atoms. The lowest BCUT2D eigenvalue weighted by atomic mass is 10.0. The van der Waals surface area contributed by atoms with Gasteiger partial charge in [-0.15, -0.1) is 6.58 Å². The van der Waals surface area contributed by atoms with E-state index in [4.69, 9.17) is 11.6 Å². The molecule has 0 heterocycles. The number of benzene rings is 1. The summed E-state index contributed by atoms with van der Waals surface area (Å²) in [5.41, 5.74) is 1.22. The van der Waals surface area contributed by atoms with Gasteiger partial charge in [-0.3, -0.25) is 0 Å². The van der Waals surface area contributed by atoms with Gasteiger partial charge < -0.3 is 5.32 Å². The minimum atomic E-state index is 0.500. The van der Waals surface area contributed by atoms with Gasteiger partial charge in [0.05, 0.1) is 0 Å². The SMILES string of the molecule is C=CCCCC(Cc1ccccc1Cl)NC. The van der Waals surface area contributed by atoms with E-state index in [0.717, 1.165) is 24.3 Å². The van der Waals surface area contributed by atoms with Crippen LogP contribution in [-0.2, 0) is 6.42 Å². The maximum Gasteiger partial charge on any atom is 0.0438 e. The second-order valence-electron chi connectivity index (χ2n) is 4.00. The van der Waals surface area contributed by atoms with Gasteiger partial charge >= 0.3 is 0 Å². The normalized spacial score (nSPS) is 12.4. The summed E-state index contributed by atoms with van der Waals surface area (Å²) in [5.74, 6) is 0. The zero-order chi connectivity index (χ0) is 11.8. The average molecular weight is 238 g/mol. The molecule has 1 nitrogen and oxygen atoms in total. The van der Waals surface area contributed by atoms with Crippen LogP contribution in [0.25, 0.3) is 0 Å². The molecule has 0 amide bonds. The highest BCUT2D eigenvalue weighted by Gasteiger charge is 2.08. The molecule has 1 aromatic carbocycles. The van der Waals surface area contributed by atoms with Gasteiger partial charge in [-0.2, -0.15) is 0 Å². The van der Waals surface area contributed by atoms with Crippen LogP contribution in [0.1, 0.15) is 24.8 Å². The molecular formula is C14H20ClN. The number of allylic oxidation sites excluding steroid dienone is 1. The number of hydrogen-bond acceptors (Lipinski definition) is 1. The van der Waals surface area contributed by atoms with Gasteiger partial charge in [0.25, 0.3) is 0 Å². The average Bonchev–Trinajstić information content (AvgIpc) is 2.30. The van der Waals surface area contributed by atoms with Crippen molar-refractivity contribution in [3.05, 3.63) is 47.5 Å². The van der Waals surface area contributed by atoms with Crippen LogP contribution >= 0.6 is 11.6 Å². The summed E-state index contributed by atoms with van der Waals surface area (Å²) < 4.78 is 0. The summed E-state index contributed by atoms with van der Waals surface area (Å²) >= 11 is 6.14. The first-order valence-electron chi connectivity index (χ1n) is 5.79. The molecule has 1 N–H and O–H groups in total. The highest BCUT2D eigenvalue weighted by Crippen LogP contribution is 2.18. The van der Waals surface area contributed by atoms with Gasteiger partial charge in [0.15, 0.2) is 0 Å². The van der Waals surface area contributed by atoms with E-state index in [-0.39, 0.29) is 0 Å². The van der Waals surface area contributed by atoms with E-state index in [0.29, 0.717) is 6.04 Å². The second-order valence-corrected chi connectivity index (χ2v) is 4.41. The third-order valence-corrected chi connectivity index (χ3v) is 3.16. The minimum absolute atomic E-state index is 0.500. The number of halogens is 1. The standard InChI is InChI=1S/C14H20ClN/c1-3-4-5-9-13(16-2)11-12-8-6-7-10-14(12)15/h3,6-8,10,13,16H,1,4-5,9,11H2,2H3. The van der Waals surface area contributed by atoms with Gasteiger partial charge in [-0.1, -0.05) is 35.9 Å². The smallest absolute Gasteiger partial charge is 0.0438 e. The van der Waals surface area contributed by atoms with Gasteiger partial charge in [0.2, 0.25) is 0 Å². The molecule has 16 heavy (non-hydrogen) atoms. The first-order chi connectivity index (χ1) is 7.77. The molecule has 0 saturated heterocycles. The maximum absolute atomic E-state index is 6.14. The Morgan fingerprint density at radius 1 is 1.44 bits per heavy atom. The van der Waals surface area contributed by atoms with Crippen LogP contribution < -0.4 is 5.32 Å². The van der Waals surface area contributed by atoms with Crippen molar-refractivity contribution in [2.24, 2.45) is 0 Å². The molecule has 0 aliphatic carbocycles. The number of likely N-dealkylation sites (N-methyl/N-ethyl adjacent to an activating group) is 1. The third kappa shape index (κ3) is 4.38. The fraction of sp³-hybridized carbons (Fsp3) is 0.429. The molecule has 0 spiro atoms. The van der Waals surface area contributed by atoms with Gasteiger partial charge in [0, 0.05) is 11.1 Å². The van der Waals surface area contributed by atoms with Crippen LogP contribution in [0.4, 0.5) is 0 Å². The third-order valence-electron chi connectivity index (χ3n) is 2.79. The number of rotatable bonds is 7. The Hall–Kier alpha value is -0.790. The largest absolute Gasteiger partial charge is 0.317 e. The quantitative estimate of drug-likeness (QED) is 0.562. The molecule has 0 aromatic heterocycles. The lowest BCUT2D eigenvalue weighted by molar-refractivity contribution is 0.504. The molecule has 1 unspecified atom stereocenters. The van der Waals surface area contributed by atoms with E-state index in [2.05, 4.69) is 18.0 Å². The van der Waals surface area contributed by atoms with E-state index >= 15 is 0 Å². The van der Waals surface area contributed by atoms with Crippen LogP contribution in [0.2, 0.25) is 5.02 Å². The Balaban J connectivity index is 2.49. The van der Waals surface area contributed by atoms with E-state index in [1.807, 2.05) is 31.3 Å². The number of unbranched alkanes of at least 4 members (excludes halogenated alkanes) is 1. The molecule has 88 valence electrons. The van der Waals surface area contributed by atoms with Crippen molar-refractivity contribution in [3.8, 4) is 0 Å². The van der Waals surface area contributed by atoms with Crippen molar-refractivity contribution >= 4 is 11.6 Å². The van der Waals surface area contributed by atoms with Crippen LogP contribution in [0, 0.1) is 0 Å². The Morgan fingerprint density at radius 3 is 2.81 bits per heavy atom. The molecule has 0 aliphatic heterocycles. The van der Waals surface area contributed by atoms with Gasteiger partial charge in [0.1, 0.15) is 0 Å². The summed E-state index contributed by atoms with van der Waals surface area (Å²) in [6, 6.07) is 8.56. The van der Waals surface area contributed by atoms with Crippen molar-refractivity contribution < 1.29 is 0 Å². The summed E-state index contributed by atoms with van der Waals surface area (Å²) in [6.07, 6.45) is 6.39. The van der Waals surface area contributed by atoms with Crippen molar-refractivity contribution in [1.82, 2.24) is 5.32 Å². The van der Waals surface area contributed by atoms with E-state index in [1.54, 1.807) is 0 Å². The van der Waals surface area contributed by atoms with Gasteiger partial charge in [-0.05, 0) is 44.4 Å². The van der Waals surface area contributed by atoms with Crippen molar-refractivity contribution in [2.75, 3.05) is 7.05 Å². The summed E-state index contributed by atoms with van der Waals surface area (Å²) in [7, 11) is 2.01. The Morgan fingerprint density at radius 2 is 2.19 bits per heavy atom. The van der Waals surface area contributed by atoms with Crippen LogP contribution in [0.5, 0.6) is 0 Å². The molecule has 0 fully saturated rings. The first-order valence-corrected chi connectivity index (χ1v) is 6.17. The topological polar surface area (TPSA) is 12.0 Å². The summed E-state index contributed by atoms with van der Waals surface area (Å²) in [6.45, 7) is 3.74.